The highest BCUT2D eigenvalue weighted by atomic mass is 35.5. The minimum atomic E-state index is -1.01. The van der Waals surface area contributed by atoms with Crippen molar-refractivity contribution in [1.29, 1.82) is 0 Å². The summed E-state index contributed by atoms with van der Waals surface area (Å²) in [7, 11) is 0. The van der Waals surface area contributed by atoms with E-state index in [0.717, 1.165) is 13.1 Å². The van der Waals surface area contributed by atoms with Crippen LogP contribution in [0.3, 0.4) is 0 Å². The first kappa shape index (κ1) is 16.2. The van der Waals surface area contributed by atoms with E-state index in [1.807, 2.05) is 4.90 Å². The van der Waals surface area contributed by atoms with Gasteiger partial charge in [-0.05, 0) is 26.0 Å². The molecule has 0 radical (unpaired) electrons. The summed E-state index contributed by atoms with van der Waals surface area (Å²) in [4.78, 5) is 14.6. The Bertz CT molecular complexity index is 520. The van der Waals surface area contributed by atoms with Crippen LogP contribution in [-0.4, -0.2) is 43.7 Å². The van der Waals surface area contributed by atoms with Crippen molar-refractivity contribution < 1.29 is 13.9 Å². The molecule has 1 saturated heterocycles. The average molecular weight is 315 g/mol. The highest BCUT2D eigenvalue weighted by Crippen LogP contribution is 2.35. The summed E-state index contributed by atoms with van der Waals surface area (Å²) in [6.45, 7) is 6.81. The lowest BCUT2D eigenvalue weighted by molar-refractivity contribution is -0.158. The summed E-state index contributed by atoms with van der Waals surface area (Å²) >= 11 is 6.19. The van der Waals surface area contributed by atoms with Crippen molar-refractivity contribution in [3.8, 4) is 0 Å². The lowest BCUT2D eigenvalue weighted by atomic mass is 9.89. The summed E-state index contributed by atoms with van der Waals surface area (Å²) in [6.07, 6.45) is 0. The van der Waals surface area contributed by atoms with Crippen LogP contribution < -0.4 is 5.32 Å². The molecule has 116 valence electrons. The fraction of sp³-hybridized carbons (Fsp3) is 0.533. The third kappa shape index (κ3) is 3.20. The quantitative estimate of drug-likeness (QED) is 0.865. The first-order chi connectivity index (χ1) is 10.00. The topological polar surface area (TPSA) is 41.6 Å². The molecule has 1 fully saturated rings. The van der Waals surface area contributed by atoms with E-state index in [1.165, 1.54) is 12.1 Å². The molecule has 0 saturated carbocycles. The van der Waals surface area contributed by atoms with Gasteiger partial charge in [0.1, 0.15) is 11.4 Å². The van der Waals surface area contributed by atoms with Crippen molar-refractivity contribution >= 4 is 17.6 Å². The number of rotatable bonds is 4. The van der Waals surface area contributed by atoms with Gasteiger partial charge in [0.05, 0.1) is 6.61 Å². The summed E-state index contributed by atoms with van der Waals surface area (Å²) in [5.74, 6) is -0.782. The lowest BCUT2D eigenvalue weighted by Crippen LogP contribution is -2.57. The van der Waals surface area contributed by atoms with E-state index in [2.05, 4.69) is 5.32 Å². The van der Waals surface area contributed by atoms with Crippen molar-refractivity contribution in [2.24, 2.45) is 0 Å². The fourth-order valence-corrected chi connectivity index (χ4v) is 3.03. The molecule has 6 heteroatoms. The number of hydrogen-bond donors (Lipinski definition) is 1. The molecule has 0 aliphatic carbocycles. The molecule has 1 aliphatic rings. The number of piperazine rings is 1. The molecule has 0 aromatic heterocycles. The predicted molar refractivity (Wildman–Crippen MR) is 79.8 cm³/mol. The molecule has 1 unspecified atom stereocenters. The Morgan fingerprint density at radius 1 is 1.48 bits per heavy atom. The van der Waals surface area contributed by atoms with Crippen LogP contribution in [0.1, 0.15) is 19.4 Å². The highest BCUT2D eigenvalue weighted by Gasteiger charge is 2.44. The van der Waals surface area contributed by atoms with Gasteiger partial charge < -0.3 is 10.1 Å². The third-order valence-corrected chi connectivity index (χ3v) is 4.19. The Labute approximate surface area is 129 Å². The van der Waals surface area contributed by atoms with E-state index in [0.29, 0.717) is 25.3 Å². The molecule has 1 aliphatic heterocycles. The average Bonchev–Trinajstić information content (AvgIpc) is 2.47. The normalized spacial score (nSPS) is 19.0. The SMILES string of the molecule is CCOC(=O)C(C)(c1ccc(F)cc1Cl)N1CCNCC1. The standard InChI is InChI=1S/C15H20ClFN2O2/c1-3-21-14(20)15(2,19-8-6-18-7-9-19)12-5-4-11(17)10-13(12)16/h4-5,10,18H,3,6-9H2,1-2H3. The molecule has 1 heterocycles. The van der Waals surface area contributed by atoms with Crippen molar-refractivity contribution in [1.82, 2.24) is 10.2 Å². The van der Waals surface area contributed by atoms with Gasteiger partial charge in [0.25, 0.3) is 0 Å². The molecule has 1 aromatic rings. The Kier molecular flexibility index (Phi) is 5.19. The van der Waals surface area contributed by atoms with Crippen LogP contribution in [-0.2, 0) is 15.1 Å². The molecule has 0 amide bonds. The van der Waals surface area contributed by atoms with Crippen LogP contribution in [0.5, 0.6) is 0 Å². The Balaban J connectivity index is 2.45. The molecule has 1 N–H and O–H groups in total. The van der Waals surface area contributed by atoms with E-state index >= 15 is 0 Å². The van der Waals surface area contributed by atoms with Crippen LogP contribution in [0, 0.1) is 5.82 Å². The van der Waals surface area contributed by atoms with Crippen molar-refractivity contribution in [2.45, 2.75) is 19.4 Å². The maximum absolute atomic E-state index is 13.3. The molecule has 0 spiro atoms. The largest absolute Gasteiger partial charge is 0.464 e. The molecular weight excluding hydrogens is 295 g/mol. The van der Waals surface area contributed by atoms with Gasteiger partial charge in [0, 0.05) is 36.8 Å². The number of carbonyl (C=O) groups excluding carboxylic acids is 1. The number of ether oxygens (including phenoxy) is 1. The van der Waals surface area contributed by atoms with E-state index in [9.17, 15) is 9.18 Å². The van der Waals surface area contributed by atoms with E-state index in [-0.39, 0.29) is 11.0 Å². The first-order valence-electron chi connectivity index (χ1n) is 7.08. The summed E-state index contributed by atoms with van der Waals surface area (Å²) < 4.78 is 18.5. The number of nitrogens with one attached hydrogen (secondary N) is 1. The summed E-state index contributed by atoms with van der Waals surface area (Å²) in [5.41, 5.74) is -0.436. The second kappa shape index (κ2) is 6.73. The summed E-state index contributed by atoms with van der Waals surface area (Å²) in [5, 5.41) is 3.49. The Morgan fingerprint density at radius 2 is 2.14 bits per heavy atom. The van der Waals surface area contributed by atoms with Crippen LogP contribution in [0.2, 0.25) is 5.02 Å². The maximum Gasteiger partial charge on any atom is 0.330 e. The number of benzene rings is 1. The second-order valence-corrected chi connectivity index (χ2v) is 5.56. The van der Waals surface area contributed by atoms with Crippen LogP contribution in [0.25, 0.3) is 0 Å². The van der Waals surface area contributed by atoms with Gasteiger partial charge in [0.15, 0.2) is 0 Å². The number of carbonyl (C=O) groups is 1. The van der Waals surface area contributed by atoms with E-state index < -0.39 is 11.4 Å². The van der Waals surface area contributed by atoms with Crippen molar-refractivity contribution in [3.63, 3.8) is 0 Å². The molecule has 1 atom stereocenters. The zero-order chi connectivity index (χ0) is 15.5. The highest BCUT2D eigenvalue weighted by molar-refractivity contribution is 6.31. The van der Waals surface area contributed by atoms with Gasteiger partial charge in [-0.2, -0.15) is 0 Å². The smallest absolute Gasteiger partial charge is 0.330 e. The van der Waals surface area contributed by atoms with Crippen molar-refractivity contribution in [3.05, 3.63) is 34.6 Å². The molecule has 0 bridgehead atoms. The second-order valence-electron chi connectivity index (χ2n) is 5.15. The fourth-order valence-electron chi connectivity index (χ4n) is 2.68. The molecular formula is C15H20ClFN2O2. The van der Waals surface area contributed by atoms with Crippen LogP contribution >= 0.6 is 11.6 Å². The van der Waals surface area contributed by atoms with E-state index in [4.69, 9.17) is 16.3 Å². The Morgan fingerprint density at radius 3 is 2.71 bits per heavy atom. The van der Waals surface area contributed by atoms with Crippen LogP contribution in [0.4, 0.5) is 4.39 Å². The zero-order valence-electron chi connectivity index (χ0n) is 12.3. The number of hydrogen-bond acceptors (Lipinski definition) is 4. The summed E-state index contributed by atoms with van der Waals surface area (Å²) in [6, 6.07) is 4.12. The Hall–Kier alpha value is -1.17. The number of nitrogens with zero attached hydrogens (tertiary/aromatic N) is 1. The first-order valence-corrected chi connectivity index (χ1v) is 7.46. The van der Waals surface area contributed by atoms with Crippen LogP contribution in [0.15, 0.2) is 18.2 Å². The van der Waals surface area contributed by atoms with Gasteiger partial charge >= 0.3 is 5.97 Å². The van der Waals surface area contributed by atoms with Gasteiger partial charge in [-0.1, -0.05) is 17.7 Å². The van der Waals surface area contributed by atoms with Gasteiger partial charge in [-0.25, -0.2) is 9.18 Å². The van der Waals surface area contributed by atoms with Gasteiger partial charge in [0.2, 0.25) is 0 Å². The minimum absolute atomic E-state index is 0.240. The maximum atomic E-state index is 13.3. The van der Waals surface area contributed by atoms with Gasteiger partial charge in [-0.15, -0.1) is 0 Å². The third-order valence-electron chi connectivity index (χ3n) is 3.88. The zero-order valence-corrected chi connectivity index (χ0v) is 13.0. The van der Waals surface area contributed by atoms with Gasteiger partial charge in [-0.3, -0.25) is 4.90 Å². The predicted octanol–water partition coefficient (Wildman–Crippen LogP) is 2.16. The monoisotopic (exact) mass is 314 g/mol. The molecule has 4 nitrogen and oxygen atoms in total. The molecule has 21 heavy (non-hydrogen) atoms. The minimum Gasteiger partial charge on any atom is -0.464 e. The molecule has 2 rings (SSSR count). The van der Waals surface area contributed by atoms with E-state index in [1.54, 1.807) is 19.9 Å². The number of esters is 1. The van der Waals surface area contributed by atoms with Crippen molar-refractivity contribution in [2.75, 3.05) is 32.8 Å². The number of halogens is 2. The molecule has 1 aromatic carbocycles. The lowest BCUT2D eigenvalue weighted by Gasteiger charge is -2.42.